The topological polar surface area (TPSA) is 27.9 Å². The highest BCUT2D eigenvalue weighted by Crippen LogP contribution is 2.45. The first-order chi connectivity index (χ1) is 41.6. The number of para-hydroxylation sites is 3. The second-order valence-electron chi connectivity index (χ2n) is 22.0. The fraction of sp³-hybridized carbons (Fsp3) is 0.0250. The van der Waals surface area contributed by atoms with Gasteiger partial charge >= 0.3 is 0 Å². The fourth-order valence-corrected chi connectivity index (χ4v) is 13.0. The summed E-state index contributed by atoms with van der Waals surface area (Å²) in [6, 6.07) is 102. The molecule has 0 N–H and O–H groups in total. The van der Waals surface area contributed by atoms with E-state index in [4.69, 9.17) is 4.42 Å². The highest BCUT2D eigenvalue weighted by molar-refractivity contribution is 6.23. The molecule has 0 aliphatic rings. The maximum absolute atomic E-state index is 6.59. The second-order valence-corrected chi connectivity index (χ2v) is 22.0. The molecule has 0 aliphatic carbocycles. The van der Waals surface area contributed by atoms with Crippen LogP contribution in [-0.4, -0.2) is 13.7 Å². The normalized spacial score (nSPS) is 12.1. The van der Waals surface area contributed by atoms with E-state index < -0.39 is 0 Å². The van der Waals surface area contributed by atoms with Gasteiger partial charge in [-0.15, -0.1) is 0 Å². The molecule has 0 atom stereocenters. The van der Waals surface area contributed by atoms with Crippen molar-refractivity contribution in [1.82, 2.24) is 13.7 Å². The zero-order valence-corrected chi connectivity index (χ0v) is 46.3. The Kier molecular flexibility index (Phi) is 11.8. The van der Waals surface area contributed by atoms with Gasteiger partial charge in [0.25, 0.3) is 0 Å². The van der Waals surface area contributed by atoms with Crippen LogP contribution >= 0.6 is 0 Å². The average molecular weight is 1070 g/mol. The smallest absolute Gasteiger partial charge is 0.135 e. The first-order valence-corrected chi connectivity index (χ1v) is 29.0. The van der Waals surface area contributed by atoms with E-state index in [-0.39, 0.29) is 0 Å². The molecule has 4 heterocycles. The Hall–Kier alpha value is -10.9. The SMILES string of the molecule is C/C=C\C=C/Cc1ccc2c3ccccc3n(-c3ccc4c5c6cc(-c7ccc8oc9ccc(-c%10cccc(-c%11cccc(-c%12cccc(-c%13ccccc%13)c%12)c%11)c%10)cc9c8c7)ccc6n(-c6ccccc6)c5n(-c5ccccc5)c4c3)c2c1. The Labute approximate surface area is 487 Å². The molecule has 0 saturated heterocycles. The summed E-state index contributed by atoms with van der Waals surface area (Å²) in [4.78, 5) is 0. The van der Waals surface area contributed by atoms with Crippen molar-refractivity contribution in [3.63, 3.8) is 0 Å². The number of allylic oxidation sites excluding steroid dienone is 4. The van der Waals surface area contributed by atoms with E-state index in [0.717, 1.165) is 84.4 Å². The van der Waals surface area contributed by atoms with Crippen molar-refractivity contribution in [3.8, 4) is 72.7 Å². The highest BCUT2D eigenvalue weighted by Gasteiger charge is 2.24. The lowest BCUT2D eigenvalue weighted by Gasteiger charge is -2.14. The van der Waals surface area contributed by atoms with Gasteiger partial charge in [0.05, 0.1) is 22.1 Å². The molecular weight excluding hydrogens is 1020 g/mol. The minimum Gasteiger partial charge on any atom is -0.456 e. The van der Waals surface area contributed by atoms with Crippen molar-refractivity contribution in [2.45, 2.75) is 13.3 Å². The molecule has 4 aromatic heterocycles. The number of furan rings is 1. The van der Waals surface area contributed by atoms with Crippen LogP contribution in [0.25, 0.3) is 149 Å². The van der Waals surface area contributed by atoms with Gasteiger partial charge in [0.15, 0.2) is 0 Å². The number of rotatable bonds is 11. The van der Waals surface area contributed by atoms with Gasteiger partial charge < -0.3 is 8.98 Å². The molecule has 16 rings (SSSR count). The Morgan fingerprint density at radius 3 is 1.37 bits per heavy atom. The summed E-state index contributed by atoms with van der Waals surface area (Å²) in [5, 5.41) is 8.27. The largest absolute Gasteiger partial charge is 0.456 e. The van der Waals surface area contributed by atoms with Gasteiger partial charge in [0, 0.05) is 54.8 Å². The predicted molar refractivity (Wildman–Crippen MR) is 354 cm³/mol. The number of hydrogen-bond acceptors (Lipinski definition) is 1. The van der Waals surface area contributed by atoms with E-state index in [1.165, 1.54) is 76.9 Å². The summed E-state index contributed by atoms with van der Waals surface area (Å²) < 4.78 is 14.0. The predicted octanol–water partition coefficient (Wildman–Crippen LogP) is 21.7. The van der Waals surface area contributed by atoms with Gasteiger partial charge in [-0.1, -0.05) is 200 Å². The van der Waals surface area contributed by atoms with Gasteiger partial charge in [0.1, 0.15) is 16.8 Å². The molecule has 0 saturated carbocycles. The Morgan fingerprint density at radius 1 is 0.298 bits per heavy atom. The second kappa shape index (κ2) is 20.2. The third-order valence-corrected chi connectivity index (χ3v) is 17.0. The van der Waals surface area contributed by atoms with Crippen molar-refractivity contribution in [3.05, 3.63) is 309 Å². The molecule has 0 aliphatic heterocycles. The van der Waals surface area contributed by atoms with Crippen LogP contribution in [0.5, 0.6) is 0 Å². The zero-order valence-electron chi connectivity index (χ0n) is 46.3. The maximum Gasteiger partial charge on any atom is 0.135 e. The molecule has 12 aromatic carbocycles. The van der Waals surface area contributed by atoms with Crippen LogP contribution in [0.3, 0.4) is 0 Å². The van der Waals surface area contributed by atoms with E-state index in [2.05, 4.69) is 324 Å². The molecule has 84 heavy (non-hydrogen) atoms. The molecule has 0 bridgehead atoms. The van der Waals surface area contributed by atoms with Gasteiger partial charge in [-0.05, 0) is 178 Å². The number of fused-ring (bicyclic) bond motifs is 11. The fourth-order valence-electron chi connectivity index (χ4n) is 13.0. The molecule has 0 fully saturated rings. The molecule has 0 spiro atoms. The average Bonchev–Trinajstić information content (AvgIpc) is 1.82. The molecule has 16 aromatic rings. The third-order valence-electron chi connectivity index (χ3n) is 17.0. The molecule has 0 unspecified atom stereocenters. The van der Waals surface area contributed by atoms with Crippen molar-refractivity contribution < 1.29 is 4.42 Å². The lowest BCUT2D eigenvalue weighted by Crippen LogP contribution is -2.02. The van der Waals surface area contributed by atoms with Crippen LogP contribution in [0.4, 0.5) is 0 Å². The lowest BCUT2D eigenvalue weighted by atomic mass is 9.94. The minimum atomic E-state index is 0.855. The summed E-state index contributed by atoms with van der Waals surface area (Å²) in [5.41, 5.74) is 23.9. The summed E-state index contributed by atoms with van der Waals surface area (Å²) in [6.45, 7) is 2.05. The molecule has 0 amide bonds. The first kappa shape index (κ1) is 48.9. The quantitative estimate of drug-likeness (QED) is 0.119. The van der Waals surface area contributed by atoms with Crippen molar-refractivity contribution in [1.29, 1.82) is 0 Å². The molecular formula is C80H55N3O. The number of benzene rings is 12. The summed E-state index contributed by atoms with van der Waals surface area (Å²) in [7, 11) is 0. The van der Waals surface area contributed by atoms with Crippen LogP contribution in [0, 0.1) is 0 Å². The number of hydrogen-bond donors (Lipinski definition) is 0. The van der Waals surface area contributed by atoms with E-state index in [1.807, 2.05) is 0 Å². The molecule has 396 valence electrons. The number of nitrogens with zero attached hydrogens (tertiary/aromatic N) is 3. The van der Waals surface area contributed by atoms with Gasteiger partial charge in [-0.3, -0.25) is 9.13 Å². The van der Waals surface area contributed by atoms with Crippen LogP contribution in [-0.2, 0) is 6.42 Å². The van der Waals surface area contributed by atoms with E-state index >= 15 is 0 Å². The standard InChI is InChI=1S/C80H55N3O/c1-2-3-4-8-20-53-35-40-68-67-33-15-16-34-73(67)81(75(68)45-53)66-39-41-69-76(52-66)83(65-31-13-7-14-32-65)80-79(69)72-51-61(36-42-74(72)82(80)64-29-11-6-12-30-64)63-38-44-78-71(50-63)70-49-62(37-43-77(70)84-78)60-28-19-27-59(48-60)58-26-18-25-57(47-58)56-24-17-23-55(46-56)54-21-9-5-10-22-54/h2-19,21-52H,20H2,1H3/b3-2-,8-4-. The lowest BCUT2D eigenvalue weighted by molar-refractivity contribution is 0.669. The maximum atomic E-state index is 6.59. The monoisotopic (exact) mass is 1070 g/mol. The van der Waals surface area contributed by atoms with Crippen molar-refractivity contribution in [2.75, 3.05) is 0 Å². The van der Waals surface area contributed by atoms with E-state index in [0.29, 0.717) is 0 Å². The van der Waals surface area contributed by atoms with Crippen LogP contribution in [0.15, 0.2) is 308 Å². The minimum absolute atomic E-state index is 0.855. The summed E-state index contributed by atoms with van der Waals surface area (Å²) in [6.07, 6.45) is 9.38. The van der Waals surface area contributed by atoms with E-state index in [1.54, 1.807) is 0 Å². The van der Waals surface area contributed by atoms with Gasteiger partial charge in [-0.2, -0.15) is 0 Å². The first-order valence-electron chi connectivity index (χ1n) is 29.0. The molecule has 4 heteroatoms. The zero-order chi connectivity index (χ0) is 55.7. The Bertz CT molecular complexity index is 5280. The summed E-state index contributed by atoms with van der Waals surface area (Å²) >= 11 is 0. The molecule has 4 nitrogen and oxygen atoms in total. The Morgan fingerprint density at radius 2 is 0.762 bits per heavy atom. The molecule has 0 radical (unpaired) electrons. The van der Waals surface area contributed by atoms with Crippen molar-refractivity contribution in [2.24, 2.45) is 0 Å². The summed E-state index contributed by atoms with van der Waals surface area (Å²) in [5.74, 6) is 0. The van der Waals surface area contributed by atoms with Gasteiger partial charge in [-0.25, -0.2) is 0 Å². The highest BCUT2D eigenvalue weighted by atomic mass is 16.3. The number of aromatic nitrogens is 3. The van der Waals surface area contributed by atoms with Crippen LogP contribution < -0.4 is 0 Å². The third kappa shape index (κ3) is 8.29. The Balaban J connectivity index is 0.821. The van der Waals surface area contributed by atoms with E-state index in [9.17, 15) is 0 Å². The van der Waals surface area contributed by atoms with Gasteiger partial charge in [0.2, 0.25) is 0 Å². The van der Waals surface area contributed by atoms with Crippen molar-refractivity contribution >= 4 is 76.6 Å². The van der Waals surface area contributed by atoms with Crippen LogP contribution in [0.2, 0.25) is 0 Å². The van der Waals surface area contributed by atoms with Crippen LogP contribution in [0.1, 0.15) is 12.5 Å².